The van der Waals surface area contributed by atoms with Gasteiger partial charge in [-0.1, -0.05) is 0 Å². The largest absolute Gasteiger partial charge is 0.466 e. The van der Waals surface area contributed by atoms with Gasteiger partial charge in [0.25, 0.3) is 5.91 Å². The first kappa shape index (κ1) is 14.6. The topological polar surface area (TPSA) is 75.3 Å². The van der Waals surface area contributed by atoms with Crippen molar-refractivity contribution in [2.45, 2.75) is 33.6 Å². The maximum atomic E-state index is 12.5. The third-order valence-electron chi connectivity index (χ3n) is 3.67. The fraction of sp³-hybridized carbons (Fsp3) is 0.643. The Hall–Kier alpha value is -1.85. The predicted molar refractivity (Wildman–Crippen MR) is 73.3 cm³/mol. The lowest BCUT2D eigenvalue weighted by Crippen LogP contribution is -2.43. The van der Waals surface area contributed by atoms with Crippen molar-refractivity contribution in [1.82, 2.24) is 15.1 Å². The third kappa shape index (κ3) is 2.84. The fourth-order valence-corrected chi connectivity index (χ4v) is 2.64. The standard InChI is InChI=1S/C14H21N3O3/c1-4-20-14(19)11-6-5-7-17(8-11)13(18)12-9(2)15-16-10(12)3/h11H,4-8H2,1-3H3,(H,15,16)/t11-/m0/s1. The van der Waals surface area contributed by atoms with E-state index in [1.165, 1.54) is 0 Å². The highest BCUT2D eigenvalue weighted by molar-refractivity contribution is 5.96. The summed E-state index contributed by atoms with van der Waals surface area (Å²) in [7, 11) is 0. The van der Waals surface area contributed by atoms with E-state index >= 15 is 0 Å². The number of carbonyl (C=O) groups is 2. The molecule has 1 saturated heterocycles. The number of hydrogen-bond acceptors (Lipinski definition) is 4. The minimum absolute atomic E-state index is 0.0530. The van der Waals surface area contributed by atoms with Gasteiger partial charge in [-0.15, -0.1) is 0 Å². The van der Waals surface area contributed by atoms with Crippen molar-refractivity contribution in [3.63, 3.8) is 0 Å². The summed E-state index contributed by atoms with van der Waals surface area (Å²) >= 11 is 0. The van der Waals surface area contributed by atoms with Gasteiger partial charge in [-0.2, -0.15) is 5.10 Å². The molecule has 0 aromatic carbocycles. The van der Waals surface area contributed by atoms with Crippen LogP contribution in [0.4, 0.5) is 0 Å². The van der Waals surface area contributed by atoms with Crippen molar-refractivity contribution in [1.29, 1.82) is 0 Å². The number of rotatable bonds is 3. The molecule has 110 valence electrons. The Labute approximate surface area is 118 Å². The van der Waals surface area contributed by atoms with Crippen molar-refractivity contribution in [3.8, 4) is 0 Å². The van der Waals surface area contributed by atoms with Gasteiger partial charge >= 0.3 is 5.97 Å². The number of aryl methyl sites for hydroxylation is 2. The first-order chi connectivity index (χ1) is 9.54. The van der Waals surface area contributed by atoms with Crippen LogP contribution in [0.1, 0.15) is 41.5 Å². The smallest absolute Gasteiger partial charge is 0.310 e. The van der Waals surface area contributed by atoms with E-state index in [1.807, 2.05) is 13.8 Å². The van der Waals surface area contributed by atoms with E-state index in [1.54, 1.807) is 11.8 Å². The molecule has 1 amide bonds. The van der Waals surface area contributed by atoms with E-state index in [0.717, 1.165) is 18.5 Å². The maximum Gasteiger partial charge on any atom is 0.310 e. The molecule has 20 heavy (non-hydrogen) atoms. The zero-order chi connectivity index (χ0) is 14.7. The van der Waals surface area contributed by atoms with Crippen LogP contribution in [0.2, 0.25) is 0 Å². The summed E-state index contributed by atoms with van der Waals surface area (Å²) < 4.78 is 5.05. The molecule has 0 spiro atoms. The zero-order valence-corrected chi connectivity index (χ0v) is 12.2. The van der Waals surface area contributed by atoms with Gasteiger partial charge in [0.1, 0.15) is 0 Å². The number of aromatic amines is 1. The van der Waals surface area contributed by atoms with Gasteiger partial charge < -0.3 is 9.64 Å². The summed E-state index contributed by atoms with van der Waals surface area (Å²) in [5, 5.41) is 6.87. The first-order valence-corrected chi connectivity index (χ1v) is 7.02. The molecule has 1 fully saturated rings. The Morgan fingerprint density at radius 3 is 2.80 bits per heavy atom. The second kappa shape index (κ2) is 6.07. The van der Waals surface area contributed by atoms with Crippen LogP contribution in [0, 0.1) is 19.8 Å². The molecule has 0 bridgehead atoms. The van der Waals surface area contributed by atoms with Crippen LogP contribution < -0.4 is 0 Å². The van der Waals surface area contributed by atoms with E-state index in [0.29, 0.717) is 31.0 Å². The molecule has 1 aliphatic heterocycles. The summed E-state index contributed by atoms with van der Waals surface area (Å²) in [5.74, 6) is -0.464. The van der Waals surface area contributed by atoms with Gasteiger partial charge in [0, 0.05) is 18.8 Å². The quantitative estimate of drug-likeness (QED) is 0.850. The SMILES string of the molecule is CCOC(=O)[C@H]1CCCN(C(=O)c2c(C)n[nH]c2C)C1. The van der Waals surface area contributed by atoms with E-state index in [-0.39, 0.29) is 17.8 Å². The Bertz CT molecular complexity index is 490. The van der Waals surface area contributed by atoms with Gasteiger partial charge in [0.15, 0.2) is 0 Å². The molecule has 0 radical (unpaired) electrons. The number of nitrogens with zero attached hydrogens (tertiary/aromatic N) is 2. The van der Waals surface area contributed by atoms with E-state index in [2.05, 4.69) is 10.2 Å². The van der Waals surface area contributed by atoms with Gasteiger partial charge in [-0.25, -0.2) is 0 Å². The Morgan fingerprint density at radius 1 is 1.45 bits per heavy atom. The minimum Gasteiger partial charge on any atom is -0.466 e. The summed E-state index contributed by atoms with van der Waals surface area (Å²) in [6, 6.07) is 0. The molecule has 0 saturated carbocycles. The molecule has 1 atom stereocenters. The van der Waals surface area contributed by atoms with Crippen LogP contribution in [-0.2, 0) is 9.53 Å². The molecule has 1 aromatic heterocycles. The number of nitrogens with one attached hydrogen (secondary N) is 1. The minimum atomic E-state index is -0.208. The summed E-state index contributed by atoms with van der Waals surface area (Å²) in [5.41, 5.74) is 2.09. The molecule has 6 nitrogen and oxygen atoms in total. The lowest BCUT2D eigenvalue weighted by atomic mass is 9.97. The summed E-state index contributed by atoms with van der Waals surface area (Å²) in [6.07, 6.45) is 1.61. The molecule has 0 unspecified atom stereocenters. The van der Waals surface area contributed by atoms with E-state index in [9.17, 15) is 9.59 Å². The van der Waals surface area contributed by atoms with Gasteiger partial charge in [-0.3, -0.25) is 14.7 Å². The first-order valence-electron chi connectivity index (χ1n) is 7.02. The van der Waals surface area contributed by atoms with Crippen molar-refractivity contribution < 1.29 is 14.3 Å². The van der Waals surface area contributed by atoms with Crippen molar-refractivity contribution in [2.24, 2.45) is 5.92 Å². The number of carbonyl (C=O) groups excluding carboxylic acids is 2. The maximum absolute atomic E-state index is 12.5. The second-order valence-corrected chi connectivity index (χ2v) is 5.15. The molecule has 1 N–H and O–H groups in total. The molecule has 6 heteroatoms. The number of piperidine rings is 1. The number of ether oxygens (including phenoxy) is 1. The number of esters is 1. The average molecular weight is 279 g/mol. The number of aromatic nitrogens is 2. The molecule has 0 aliphatic carbocycles. The molecule has 2 heterocycles. The zero-order valence-electron chi connectivity index (χ0n) is 12.2. The average Bonchev–Trinajstić information content (AvgIpc) is 2.78. The normalized spacial score (nSPS) is 18.9. The highest BCUT2D eigenvalue weighted by Gasteiger charge is 2.31. The second-order valence-electron chi connectivity index (χ2n) is 5.15. The van der Waals surface area contributed by atoms with Gasteiger partial charge in [-0.05, 0) is 33.6 Å². The van der Waals surface area contributed by atoms with Crippen LogP contribution in [0.5, 0.6) is 0 Å². The highest BCUT2D eigenvalue weighted by Crippen LogP contribution is 2.21. The van der Waals surface area contributed by atoms with E-state index < -0.39 is 0 Å². The molecule has 1 aliphatic rings. The lowest BCUT2D eigenvalue weighted by Gasteiger charge is -2.31. The van der Waals surface area contributed by atoms with Crippen molar-refractivity contribution >= 4 is 11.9 Å². The van der Waals surface area contributed by atoms with Crippen LogP contribution >= 0.6 is 0 Å². The van der Waals surface area contributed by atoms with Crippen molar-refractivity contribution in [2.75, 3.05) is 19.7 Å². The van der Waals surface area contributed by atoms with Crippen LogP contribution in [0.15, 0.2) is 0 Å². The molecule has 1 aromatic rings. The number of H-pyrrole nitrogens is 1. The Balaban J connectivity index is 2.09. The molecular weight excluding hydrogens is 258 g/mol. The number of likely N-dealkylation sites (tertiary alicyclic amines) is 1. The van der Waals surface area contributed by atoms with Crippen LogP contribution in [0.3, 0.4) is 0 Å². The summed E-state index contributed by atoms with van der Waals surface area (Å²) in [6.45, 7) is 6.93. The molecule has 2 rings (SSSR count). The lowest BCUT2D eigenvalue weighted by molar-refractivity contribution is -0.149. The highest BCUT2D eigenvalue weighted by atomic mass is 16.5. The van der Waals surface area contributed by atoms with Crippen LogP contribution in [-0.4, -0.2) is 46.7 Å². The monoisotopic (exact) mass is 279 g/mol. The number of hydrogen-bond donors (Lipinski definition) is 1. The fourth-order valence-electron chi connectivity index (χ4n) is 2.64. The third-order valence-corrected chi connectivity index (χ3v) is 3.67. The van der Waals surface area contributed by atoms with Crippen molar-refractivity contribution in [3.05, 3.63) is 17.0 Å². The Morgan fingerprint density at radius 2 is 2.20 bits per heavy atom. The predicted octanol–water partition coefficient (Wildman–Crippen LogP) is 1.44. The molecular formula is C14H21N3O3. The van der Waals surface area contributed by atoms with E-state index in [4.69, 9.17) is 4.74 Å². The van der Waals surface area contributed by atoms with Crippen LogP contribution in [0.25, 0.3) is 0 Å². The number of amides is 1. The summed E-state index contributed by atoms with van der Waals surface area (Å²) in [4.78, 5) is 26.1. The van der Waals surface area contributed by atoms with Gasteiger partial charge in [0.05, 0.1) is 23.8 Å². The van der Waals surface area contributed by atoms with Gasteiger partial charge in [0.2, 0.25) is 0 Å². The Kier molecular flexibility index (Phi) is 4.42.